The molecular formula is C26H26BrCl2F3N6O3. The summed E-state index contributed by atoms with van der Waals surface area (Å²) in [6, 6.07) is 11.6. The van der Waals surface area contributed by atoms with E-state index in [0.29, 0.717) is 34.6 Å². The van der Waals surface area contributed by atoms with Gasteiger partial charge in [-0.2, -0.15) is 18.4 Å². The van der Waals surface area contributed by atoms with Gasteiger partial charge < -0.3 is 19.5 Å². The molecule has 220 valence electrons. The molecule has 0 unspecified atom stereocenters. The molecule has 3 rings (SSSR count). The van der Waals surface area contributed by atoms with E-state index in [-0.39, 0.29) is 29.1 Å². The third kappa shape index (κ3) is 9.36. The molecule has 1 N–H and O–H groups in total. The predicted molar refractivity (Wildman–Crippen MR) is 153 cm³/mol. The van der Waals surface area contributed by atoms with Crippen molar-refractivity contribution in [2.45, 2.75) is 33.3 Å². The van der Waals surface area contributed by atoms with Gasteiger partial charge in [-0.25, -0.2) is 4.98 Å². The fourth-order valence-corrected chi connectivity index (χ4v) is 4.63. The van der Waals surface area contributed by atoms with Gasteiger partial charge in [-0.1, -0.05) is 41.4 Å². The third-order valence-electron chi connectivity index (χ3n) is 5.49. The minimum Gasteiger partial charge on any atom is -0.370 e. The second-order valence-corrected chi connectivity index (χ2v) is 9.72. The highest BCUT2D eigenvalue weighted by molar-refractivity contribution is 9.10. The summed E-state index contributed by atoms with van der Waals surface area (Å²) in [6.07, 6.45) is -2.02. The van der Waals surface area contributed by atoms with Gasteiger partial charge in [0.05, 0.1) is 20.7 Å². The predicted octanol–water partition coefficient (Wildman–Crippen LogP) is 7.31. The maximum Gasteiger partial charge on any atom is 0.432 e. The highest BCUT2D eigenvalue weighted by Gasteiger charge is 2.40. The number of rotatable bonds is 10. The van der Waals surface area contributed by atoms with Crippen molar-refractivity contribution < 1.29 is 22.8 Å². The first-order valence-corrected chi connectivity index (χ1v) is 13.5. The Labute approximate surface area is 253 Å². The van der Waals surface area contributed by atoms with E-state index in [1.54, 1.807) is 50.5 Å². The van der Waals surface area contributed by atoms with Crippen LogP contribution in [0, 0.1) is 21.4 Å². The van der Waals surface area contributed by atoms with Crippen molar-refractivity contribution in [3.8, 4) is 17.3 Å². The molecule has 0 aliphatic heterocycles. The van der Waals surface area contributed by atoms with E-state index >= 15 is 0 Å². The number of ether oxygens (including phenoxy) is 1. The zero-order valence-corrected chi connectivity index (χ0v) is 25.3. The lowest BCUT2D eigenvalue weighted by atomic mass is 10.1. The van der Waals surface area contributed by atoms with Gasteiger partial charge in [-0.3, -0.25) is 10.1 Å². The van der Waals surface area contributed by atoms with Crippen LogP contribution in [0.1, 0.15) is 30.7 Å². The Morgan fingerprint density at radius 2 is 1.93 bits per heavy atom. The standard InChI is InChI=1S/C15H11BrClF3N2O.C11H15ClN4O2/c1-2-23-8-22-13(9-3-5-10(17)6-4-9)11(7-21)12(16)14(22)15(18,19)20;1-3-15(11(13-2)8-16(17)18)7-9-4-5-10(12)14-6-9/h3-6H,2,8H2,1H3;4-6,8,13H,3,7H2,1-2H3. The quantitative estimate of drug-likeness (QED) is 0.136. The van der Waals surface area contributed by atoms with Crippen LogP contribution in [0.25, 0.3) is 11.3 Å². The fourth-order valence-electron chi connectivity index (χ4n) is 3.68. The lowest BCUT2D eigenvalue weighted by molar-refractivity contribution is -0.404. The molecule has 0 aliphatic rings. The first-order chi connectivity index (χ1) is 19.4. The summed E-state index contributed by atoms with van der Waals surface area (Å²) < 4.78 is 46.0. The number of nitrogens with zero attached hydrogens (tertiary/aromatic N) is 5. The number of nitriles is 1. The van der Waals surface area contributed by atoms with Crippen molar-refractivity contribution in [1.29, 1.82) is 5.26 Å². The van der Waals surface area contributed by atoms with Gasteiger partial charge in [0.1, 0.15) is 23.6 Å². The molecule has 0 aliphatic carbocycles. The van der Waals surface area contributed by atoms with Crippen LogP contribution in [0.5, 0.6) is 0 Å². The number of hydrogen-bond acceptors (Lipinski definition) is 7. The molecule has 0 amide bonds. The van der Waals surface area contributed by atoms with Crippen LogP contribution in [-0.2, 0) is 24.2 Å². The van der Waals surface area contributed by atoms with Gasteiger partial charge in [0.25, 0.3) is 6.20 Å². The van der Waals surface area contributed by atoms with E-state index in [1.165, 1.54) is 0 Å². The minimum absolute atomic E-state index is 0.0978. The number of aromatic nitrogens is 2. The summed E-state index contributed by atoms with van der Waals surface area (Å²) in [7, 11) is 1.65. The van der Waals surface area contributed by atoms with Crippen LogP contribution in [0.2, 0.25) is 10.2 Å². The van der Waals surface area contributed by atoms with Crippen LogP contribution >= 0.6 is 39.1 Å². The van der Waals surface area contributed by atoms with Gasteiger partial charge in [0.2, 0.25) is 0 Å². The van der Waals surface area contributed by atoms with Crippen molar-refractivity contribution in [2.24, 2.45) is 0 Å². The maximum absolute atomic E-state index is 13.4. The number of halogens is 6. The van der Waals surface area contributed by atoms with Crippen molar-refractivity contribution in [3.63, 3.8) is 0 Å². The molecule has 1 aromatic carbocycles. The summed E-state index contributed by atoms with van der Waals surface area (Å²) in [5, 5.41) is 23.5. The molecule has 3 aromatic rings. The topological polar surface area (TPSA) is 109 Å². The molecule has 2 aromatic heterocycles. The van der Waals surface area contributed by atoms with E-state index in [4.69, 9.17) is 27.9 Å². The Morgan fingerprint density at radius 3 is 2.39 bits per heavy atom. The molecule has 9 nitrogen and oxygen atoms in total. The smallest absolute Gasteiger partial charge is 0.370 e. The van der Waals surface area contributed by atoms with Crippen molar-refractivity contribution in [2.75, 3.05) is 20.2 Å². The largest absolute Gasteiger partial charge is 0.432 e. The average Bonchev–Trinajstić information content (AvgIpc) is 3.22. The third-order valence-corrected chi connectivity index (χ3v) is 6.74. The monoisotopic (exact) mass is 676 g/mol. The molecule has 0 atom stereocenters. The molecular weight excluding hydrogens is 652 g/mol. The Hall–Kier alpha value is -3.31. The average molecular weight is 678 g/mol. The van der Waals surface area contributed by atoms with Crippen molar-refractivity contribution in [3.05, 3.63) is 96.2 Å². The molecule has 15 heteroatoms. The highest BCUT2D eigenvalue weighted by atomic mass is 79.9. The lowest BCUT2D eigenvalue weighted by Crippen LogP contribution is -2.30. The van der Waals surface area contributed by atoms with Crippen LogP contribution in [0.3, 0.4) is 0 Å². The number of pyridine rings is 1. The summed E-state index contributed by atoms with van der Waals surface area (Å²) in [6.45, 7) is 4.70. The van der Waals surface area contributed by atoms with Crippen molar-refractivity contribution >= 4 is 39.1 Å². The van der Waals surface area contributed by atoms with Crippen LogP contribution in [0.15, 0.2) is 59.1 Å². The Kier molecular flexibility index (Phi) is 12.9. The molecule has 0 radical (unpaired) electrons. The van der Waals surface area contributed by atoms with E-state index in [9.17, 15) is 28.5 Å². The highest BCUT2D eigenvalue weighted by Crippen LogP contribution is 2.43. The second kappa shape index (κ2) is 15.6. The number of nitro groups is 1. The van der Waals surface area contributed by atoms with Gasteiger partial charge >= 0.3 is 6.18 Å². The zero-order chi connectivity index (χ0) is 30.7. The molecule has 0 spiro atoms. The Morgan fingerprint density at radius 1 is 1.27 bits per heavy atom. The normalized spacial score (nSPS) is 11.4. The SMILES string of the molecule is CCN(Cc1ccc(Cl)nc1)C(=C[N+](=O)[O-])NC.CCOCn1c(-c2ccc(Cl)cc2)c(C#N)c(Br)c1C(F)(F)F. The first-order valence-electron chi connectivity index (χ1n) is 12.0. The van der Waals surface area contributed by atoms with Crippen LogP contribution < -0.4 is 5.32 Å². The van der Waals surface area contributed by atoms with Crippen LogP contribution in [0.4, 0.5) is 13.2 Å². The van der Waals surface area contributed by atoms with E-state index in [1.807, 2.05) is 24.0 Å². The van der Waals surface area contributed by atoms with Gasteiger partial charge in [0, 0.05) is 38.0 Å². The number of hydrogen-bond donors (Lipinski definition) is 1. The Balaban J connectivity index is 0.000000296. The lowest BCUT2D eigenvalue weighted by Gasteiger charge is -2.23. The van der Waals surface area contributed by atoms with Gasteiger partial charge in [0.15, 0.2) is 5.82 Å². The van der Waals surface area contributed by atoms with Crippen LogP contribution in [-0.4, -0.2) is 39.6 Å². The summed E-state index contributed by atoms with van der Waals surface area (Å²) >= 11 is 14.4. The van der Waals surface area contributed by atoms with Gasteiger partial charge in [-0.05, 0) is 59.1 Å². The minimum atomic E-state index is -4.63. The first kappa shape index (κ1) is 33.9. The van der Waals surface area contributed by atoms with Crippen molar-refractivity contribution in [1.82, 2.24) is 19.8 Å². The van der Waals surface area contributed by atoms with E-state index in [0.717, 1.165) is 16.3 Å². The Bertz CT molecular complexity index is 1390. The zero-order valence-electron chi connectivity index (χ0n) is 22.2. The molecule has 0 saturated carbocycles. The summed E-state index contributed by atoms with van der Waals surface area (Å²) in [5.41, 5.74) is 0.469. The number of nitrogens with one attached hydrogen (secondary N) is 1. The molecule has 2 heterocycles. The van der Waals surface area contributed by atoms with Gasteiger partial charge in [-0.15, -0.1) is 0 Å². The molecule has 0 bridgehead atoms. The molecule has 0 saturated heterocycles. The maximum atomic E-state index is 13.4. The number of alkyl halides is 3. The van der Waals surface area contributed by atoms with E-state index in [2.05, 4.69) is 26.2 Å². The molecule has 41 heavy (non-hydrogen) atoms. The number of benzene rings is 1. The summed E-state index contributed by atoms with van der Waals surface area (Å²) in [4.78, 5) is 15.9. The summed E-state index contributed by atoms with van der Waals surface area (Å²) in [5.74, 6) is 0.456. The second-order valence-electron chi connectivity index (χ2n) is 8.11. The molecule has 0 fully saturated rings. The fraction of sp³-hybridized carbons (Fsp3) is 0.308. The van der Waals surface area contributed by atoms with E-state index < -0.39 is 16.8 Å².